The van der Waals surface area contributed by atoms with Crippen molar-refractivity contribution in [2.24, 2.45) is 5.10 Å². The lowest BCUT2D eigenvalue weighted by Crippen LogP contribution is -2.16. The summed E-state index contributed by atoms with van der Waals surface area (Å²) >= 11 is 0. The summed E-state index contributed by atoms with van der Waals surface area (Å²) in [5, 5.41) is 13.5. The minimum absolute atomic E-state index is 0.0264. The van der Waals surface area contributed by atoms with Crippen molar-refractivity contribution in [1.82, 2.24) is 9.97 Å². The zero-order valence-electron chi connectivity index (χ0n) is 17.5. The van der Waals surface area contributed by atoms with E-state index in [0.29, 0.717) is 29.4 Å². The average molecular weight is 417 g/mol. The molecule has 0 atom stereocenters. The summed E-state index contributed by atoms with van der Waals surface area (Å²) in [6.07, 6.45) is 1.60. The number of rotatable bonds is 8. The number of hydrazone groups is 1. The number of hydrogen-bond donors (Lipinski definition) is 2. The Hall–Kier alpha value is -4.12. The molecule has 158 valence electrons. The molecule has 8 heteroatoms. The van der Waals surface area contributed by atoms with Gasteiger partial charge in [0.05, 0.1) is 24.6 Å². The van der Waals surface area contributed by atoms with Gasteiger partial charge in [-0.15, -0.1) is 0 Å². The fourth-order valence-corrected chi connectivity index (χ4v) is 2.83. The quantitative estimate of drug-likeness (QED) is 0.424. The normalized spacial score (nSPS) is 10.8. The second-order valence-electron chi connectivity index (χ2n) is 6.79. The molecule has 1 aromatic heterocycles. The first kappa shape index (κ1) is 21.6. The first-order chi connectivity index (χ1) is 15.0. The Balaban J connectivity index is 1.84. The topological polar surface area (TPSA) is 112 Å². The SMILES string of the molecule is CCOc1cc(C=NNc2nc(-c3ccccc3)c(C#N)c(=O)[nH]2)ccc1OC(C)C. The summed E-state index contributed by atoms with van der Waals surface area (Å²) in [6.45, 7) is 6.30. The van der Waals surface area contributed by atoms with Crippen molar-refractivity contribution in [2.75, 3.05) is 12.0 Å². The molecule has 0 bridgehead atoms. The van der Waals surface area contributed by atoms with Gasteiger partial charge >= 0.3 is 0 Å². The zero-order valence-corrected chi connectivity index (χ0v) is 17.5. The third-order valence-electron chi connectivity index (χ3n) is 4.09. The lowest BCUT2D eigenvalue weighted by Gasteiger charge is -2.14. The van der Waals surface area contributed by atoms with Crippen molar-refractivity contribution < 1.29 is 9.47 Å². The van der Waals surface area contributed by atoms with E-state index < -0.39 is 5.56 Å². The Labute approximate surface area is 180 Å². The van der Waals surface area contributed by atoms with Crippen LogP contribution in [0.2, 0.25) is 0 Å². The van der Waals surface area contributed by atoms with E-state index in [1.807, 2.05) is 63.2 Å². The van der Waals surface area contributed by atoms with E-state index >= 15 is 0 Å². The molecule has 3 aromatic rings. The summed E-state index contributed by atoms with van der Waals surface area (Å²) in [6, 6.07) is 16.4. The number of anilines is 1. The number of hydrogen-bond acceptors (Lipinski definition) is 7. The average Bonchev–Trinajstić information content (AvgIpc) is 2.75. The van der Waals surface area contributed by atoms with Crippen LogP contribution in [0.5, 0.6) is 11.5 Å². The molecule has 0 amide bonds. The molecule has 0 saturated carbocycles. The van der Waals surface area contributed by atoms with E-state index in [1.165, 1.54) is 0 Å². The third kappa shape index (κ3) is 5.48. The highest BCUT2D eigenvalue weighted by molar-refractivity contribution is 5.81. The molecule has 0 spiro atoms. The van der Waals surface area contributed by atoms with Crippen LogP contribution < -0.4 is 20.5 Å². The second-order valence-corrected chi connectivity index (χ2v) is 6.79. The van der Waals surface area contributed by atoms with Crippen molar-refractivity contribution in [3.63, 3.8) is 0 Å². The molecule has 2 N–H and O–H groups in total. The molecular formula is C23H23N5O3. The summed E-state index contributed by atoms with van der Waals surface area (Å²) in [5.74, 6) is 1.41. The number of aromatic amines is 1. The van der Waals surface area contributed by atoms with E-state index in [1.54, 1.807) is 18.3 Å². The van der Waals surface area contributed by atoms with Crippen LogP contribution in [0.4, 0.5) is 5.95 Å². The van der Waals surface area contributed by atoms with Crippen LogP contribution in [-0.2, 0) is 0 Å². The van der Waals surface area contributed by atoms with Gasteiger partial charge in [-0.25, -0.2) is 10.4 Å². The molecule has 0 aliphatic carbocycles. The fraction of sp³-hybridized carbons (Fsp3) is 0.217. The number of nitrogens with zero attached hydrogens (tertiary/aromatic N) is 3. The van der Waals surface area contributed by atoms with Gasteiger partial charge in [-0.2, -0.15) is 10.4 Å². The van der Waals surface area contributed by atoms with Gasteiger partial charge in [-0.05, 0) is 44.5 Å². The van der Waals surface area contributed by atoms with Gasteiger partial charge in [-0.1, -0.05) is 30.3 Å². The van der Waals surface area contributed by atoms with Crippen molar-refractivity contribution in [2.45, 2.75) is 26.9 Å². The van der Waals surface area contributed by atoms with E-state index in [2.05, 4.69) is 20.5 Å². The molecule has 0 unspecified atom stereocenters. The second kappa shape index (κ2) is 10.1. The first-order valence-corrected chi connectivity index (χ1v) is 9.84. The van der Waals surface area contributed by atoms with Gasteiger partial charge in [0.2, 0.25) is 5.95 Å². The summed E-state index contributed by atoms with van der Waals surface area (Å²) in [4.78, 5) is 19.2. The standard InChI is InChI=1S/C23H23N5O3/c1-4-30-20-12-16(10-11-19(20)31-15(2)3)14-25-28-23-26-21(17-8-6-5-7-9-17)18(13-24)22(29)27-23/h5-12,14-15H,4H2,1-3H3,(H2,26,27,28,29). The maximum Gasteiger partial charge on any atom is 0.270 e. The lowest BCUT2D eigenvalue weighted by molar-refractivity contribution is 0.224. The molecule has 2 aromatic carbocycles. The summed E-state index contributed by atoms with van der Waals surface area (Å²) < 4.78 is 11.4. The van der Waals surface area contributed by atoms with Crippen LogP contribution in [0.25, 0.3) is 11.3 Å². The largest absolute Gasteiger partial charge is 0.490 e. The van der Waals surface area contributed by atoms with Crippen LogP contribution in [0.1, 0.15) is 31.9 Å². The number of benzene rings is 2. The smallest absolute Gasteiger partial charge is 0.270 e. The van der Waals surface area contributed by atoms with Crippen molar-refractivity contribution in [3.8, 4) is 28.8 Å². The Bertz CT molecular complexity index is 1160. The van der Waals surface area contributed by atoms with Crippen LogP contribution in [0.15, 0.2) is 58.4 Å². The molecule has 1 heterocycles. The number of nitriles is 1. The van der Waals surface area contributed by atoms with Gasteiger partial charge < -0.3 is 9.47 Å². The molecule has 8 nitrogen and oxygen atoms in total. The molecular weight excluding hydrogens is 394 g/mol. The maximum absolute atomic E-state index is 12.3. The first-order valence-electron chi connectivity index (χ1n) is 9.84. The van der Waals surface area contributed by atoms with Crippen LogP contribution >= 0.6 is 0 Å². The van der Waals surface area contributed by atoms with E-state index in [0.717, 1.165) is 5.56 Å². The van der Waals surface area contributed by atoms with Gasteiger partial charge in [0.15, 0.2) is 11.5 Å². The fourth-order valence-electron chi connectivity index (χ4n) is 2.83. The lowest BCUT2D eigenvalue weighted by atomic mass is 10.1. The van der Waals surface area contributed by atoms with E-state index in [-0.39, 0.29) is 17.6 Å². The Morgan fingerprint density at radius 2 is 2.00 bits per heavy atom. The molecule has 31 heavy (non-hydrogen) atoms. The minimum Gasteiger partial charge on any atom is -0.490 e. The summed E-state index contributed by atoms with van der Waals surface area (Å²) in [5.41, 5.74) is 3.85. The third-order valence-corrected chi connectivity index (χ3v) is 4.09. The highest BCUT2D eigenvalue weighted by Crippen LogP contribution is 2.29. The molecule has 0 aliphatic heterocycles. The van der Waals surface area contributed by atoms with Crippen molar-refractivity contribution >= 4 is 12.2 Å². The van der Waals surface area contributed by atoms with Gasteiger partial charge in [0.25, 0.3) is 5.56 Å². The van der Waals surface area contributed by atoms with Crippen LogP contribution in [0.3, 0.4) is 0 Å². The zero-order chi connectivity index (χ0) is 22.2. The van der Waals surface area contributed by atoms with Crippen LogP contribution in [0, 0.1) is 11.3 Å². The highest BCUT2D eigenvalue weighted by Gasteiger charge is 2.13. The van der Waals surface area contributed by atoms with Crippen molar-refractivity contribution in [1.29, 1.82) is 5.26 Å². The molecule has 0 radical (unpaired) electrons. The molecule has 0 aliphatic rings. The van der Waals surface area contributed by atoms with Crippen molar-refractivity contribution in [3.05, 3.63) is 70.0 Å². The maximum atomic E-state index is 12.3. The van der Waals surface area contributed by atoms with Crippen LogP contribution in [-0.4, -0.2) is 28.9 Å². The van der Waals surface area contributed by atoms with Gasteiger partial charge in [0, 0.05) is 5.56 Å². The Morgan fingerprint density at radius 3 is 2.68 bits per heavy atom. The van der Waals surface area contributed by atoms with E-state index in [4.69, 9.17) is 9.47 Å². The number of H-pyrrole nitrogens is 1. The van der Waals surface area contributed by atoms with E-state index in [9.17, 15) is 10.1 Å². The summed E-state index contributed by atoms with van der Waals surface area (Å²) in [7, 11) is 0. The number of aromatic nitrogens is 2. The Morgan fingerprint density at radius 1 is 1.23 bits per heavy atom. The number of nitrogens with one attached hydrogen (secondary N) is 2. The molecule has 0 fully saturated rings. The molecule has 3 rings (SSSR count). The molecule has 0 saturated heterocycles. The minimum atomic E-state index is -0.539. The van der Waals surface area contributed by atoms with Gasteiger partial charge in [-0.3, -0.25) is 9.78 Å². The monoisotopic (exact) mass is 417 g/mol. The Kier molecular flexibility index (Phi) is 7.01. The van der Waals surface area contributed by atoms with Gasteiger partial charge in [0.1, 0.15) is 11.6 Å². The predicted octanol–water partition coefficient (Wildman–Crippen LogP) is 3.94. The highest BCUT2D eigenvalue weighted by atomic mass is 16.5. The number of ether oxygens (including phenoxy) is 2. The predicted molar refractivity (Wildman–Crippen MR) is 120 cm³/mol.